The Bertz CT molecular complexity index is 870. The number of nitrogens with one attached hydrogen (secondary N) is 1. The lowest BCUT2D eigenvalue weighted by Crippen LogP contribution is -2.35. The van der Waals surface area contributed by atoms with Gasteiger partial charge in [-0.15, -0.1) is 0 Å². The maximum absolute atomic E-state index is 12.6. The van der Waals surface area contributed by atoms with Crippen molar-refractivity contribution in [2.75, 3.05) is 13.1 Å². The van der Waals surface area contributed by atoms with Crippen molar-refractivity contribution in [1.29, 1.82) is 0 Å². The zero-order valence-electron chi connectivity index (χ0n) is 14.9. The van der Waals surface area contributed by atoms with Crippen molar-refractivity contribution in [3.8, 4) is 0 Å². The molecule has 26 heavy (non-hydrogen) atoms. The monoisotopic (exact) mass is 376 g/mol. The summed E-state index contributed by atoms with van der Waals surface area (Å²) in [5.74, 6) is -0.187. The molecule has 1 aromatic carbocycles. The van der Waals surface area contributed by atoms with Gasteiger partial charge in [0.15, 0.2) is 5.03 Å². The Kier molecular flexibility index (Phi) is 5.73. The van der Waals surface area contributed by atoms with E-state index in [4.69, 9.17) is 0 Å². The molecule has 0 spiro atoms. The average Bonchev–Trinajstić information content (AvgIpc) is 3.11. The molecule has 1 aliphatic rings. The molecule has 0 atom stereocenters. The first-order chi connectivity index (χ1) is 12.5. The van der Waals surface area contributed by atoms with Crippen LogP contribution in [-0.4, -0.2) is 41.3 Å². The SMILES string of the molecule is Cc1ccccc1CNC(=O)Cn1cnc(S(=O)(=O)N2CCCCC2)c1. The van der Waals surface area contributed by atoms with Crippen LogP contribution in [-0.2, 0) is 27.9 Å². The molecule has 3 rings (SSSR count). The highest BCUT2D eigenvalue weighted by Gasteiger charge is 2.28. The topological polar surface area (TPSA) is 84.3 Å². The van der Waals surface area contributed by atoms with Crippen LogP contribution in [0.5, 0.6) is 0 Å². The largest absolute Gasteiger partial charge is 0.350 e. The summed E-state index contributed by atoms with van der Waals surface area (Å²) in [6, 6.07) is 7.85. The van der Waals surface area contributed by atoms with Gasteiger partial charge in [-0.3, -0.25) is 4.79 Å². The standard InChI is InChI=1S/C18H24N4O3S/c1-15-7-3-4-8-16(15)11-19-17(23)12-21-13-18(20-14-21)26(24,25)22-9-5-2-6-10-22/h3-4,7-8,13-14H,2,5-6,9-12H2,1H3,(H,19,23). The molecular formula is C18H24N4O3S. The minimum atomic E-state index is -3.57. The van der Waals surface area contributed by atoms with Gasteiger partial charge in [0, 0.05) is 25.8 Å². The number of aromatic nitrogens is 2. The Hall–Kier alpha value is -2.19. The van der Waals surface area contributed by atoms with Gasteiger partial charge in [0.05, 0.1) is 6.33 Å². The molecule has 0 radical (unpaired) electrons. The van der Waals surface area contributed by atoms with Crippen LogP contribution in [0.2, 0.25) is 0 Å². The van der Waals surface area contributed by atoms with Gasteiger partial charge in [0.1, 0.15) is 6.54 Å². The number of hydrogen-bond acceptors (Lipinski definition) is 4. The second kappa shape index (κ2) is 8.01. The summed E-state index contributed by atoms with van der Waals surface area (Å²) in [5, 5.41) is 2.86. The van der Waals surface area contributed by atoms with E-state index in [9.17, 15) is 13.2 Å². The molecule has 0 unspecified atom stereocenters. The second-order valence-corrected chi connectivity index (χ2v) is 8.44. The highest BCUT2D eigenvalue weighted by Crippen LogP contribution is 2.19. The smallest absolute Gasteiger partial charge is 0.262 e. The highest BCUT2D eigenvalue weighted by atomic mass is 32.2. The fourth-order valence-electron chi connectivity index (χ4n) is 3.02. The average molecular weight is 376 g/mol. The van der Waals surface area contributed by atoms with Crippen LogP contribution in [0.1, 0.15) is 30.4 Å². The number of nitrogens with zero attached hydrogens (tertiary/aromatic N) is 3. The van der Waals surface area contributed by atoms with Crippen LogP contribution >= 0.6 is 0 Å². The minimum absolute atomic E-state index is 0.00565. The Labute approximate surface area is 154 Å². The van der Waals surface area contributed by atoms with Crippen molar-refractivity contribution in [3.05, 3.63) is 47.9 Å². The van der Waals surface area contributed by atoms with Crippen LogP contribution in [0.3, 0.4) is 0 Å². The summed E-state index contributed by atoms with van der Waals surface area (Å²) in [6.07, 6.45) is 5.63. The first-order valence-corrected chi connectivity index (χ1v) is 10.2. The first-order valence-electron chi connectivity index (χ1n) is 8.80. The number of sulfonamides is 1. The van der Waals surface area contributed by atoms with Gasteiger partial charge in [-0.2, -0.15) is 4.31 Å². The van der Waals surface area contributed by atoms with Crippen molar-refractivity contribution < 1.29 is 13.2 Å². The fraction of sp³-hybridized carbons (Fsp3) is 0.444. The molecular weight excluding hydrogens is 352 g/mol. The Morgan fingerprint density at radius 2 is 1.92 bits per heavy atom. The van der Waals surface area contributed by atoms with E-state index in [1.807, 2.05) is 31.2 Å². The van der Waals surface area contributed by atoms with Gasteiger partial charge in [-0.05, 0) is 30.9 Å². The van der Waals surface area contributed by atoms with E-state index in [2.05, 4.69) is 10.3 Å². The third-order valence-corrected chi connectivity index (χ3v) is 6.38. The summed E-state index contributed by atoms with van der Waals surface area (Å²) in [5.41, 5.74) is 2.17. The van der Waals surface area contributed by atoms with Crippen LogP contribution in [0.15, 0.2) is 41.8 Å². The molecule has 1 aliphatic heterocycles. The molecule has 2 heterocycles. The van der Waals surface area contributed by atoms with Crippen molar-refractivity contribution in [3.63, 3.8) is 0 Å². The molecule has 7 nitrogen and oxygen atoms in total. The van der Waals surface area contributed by atoms with E-state index in [0.717, 1.165) is 30.4 Å². The molecule has 1 amide bonds. The lowest BCUT2D eigenvalue weighted by Gasteiger charge is -2.24. The summed E-state index contributed by atoms with van der Waals surface area (Å²) < 4.78 is 28.1. The molecule has 8 heteroatoms. The number of hydrogen-bond donors (Lipinski definition) is 1. The number of carbonyl (C=O) groups is 1. The lowest BCUT2D eigenvalue weighted by molar-refractivity contribution is -0.121. The zero-order valence-corrected chi connectivity index (χ0v) is 15.7. The maximum Gasteiger partial charge on any atom is 0.262 e. The van der Waals surface area contributed by atoms with Gasteiger partial charge < -0.3 is 9.88 Å². The number of carbonyl (C=O) groups excluding carboxylic acids is 1. The summed E-state index contributed by atoms with van der Waals surface area (Å²) in [7, 11) is -3.57. The van der Waals surface area contributed by atoms with Gasteiger partial charge in [-0.1, -0.05) is 30.7 Å². The molecule has 2 aromatic rings. The Morgan fingerprint density at radius 1 is 1.19 bits per heavy atom. The predicted octanol–water partition coefficient (Wildman–Crippen LogP) is 1.68. The Morgan fingerprint density at radius 3 is 2.65 bits per heavy atom. The molecule has 140 valence electrons. The summed E-state index contributed by atoms with van der Waals surface area (Å²) in [6.45, 7) is 3.54. The first kappa shape index (κ1) is 18.6. The Balaban J connectivity index is 1.59. The maximum atomic E-state index is 12.6. The number of aryl methyl sites for hydroxylation is 1. The van der Waals surface area contributed by atoms with Crippen molar-refractivity contribution >= 4 is 15.9 Å². The summed E-state index contributed by atoms with van der Waals surface area (Å²) >= 11 is 0. The number of rotatable bonds is 6. The quantitative estimate of drug-likeness (QED) is 0.831. The number of benzene rings is 1. The molecule has 0 aliphatic carbocycles. The van der Waals surface area contributed by atoms with Crippen LogP contribution < -0.4 is 5.32 Å². The minimum Gasteiger partial charge on any atom is -0.350 e. The van der Waals surface area contributed by atoms with E-state index in [-0.39, 0.29) is 17.5 Å². The molecule has 1 saturated heterocycles. The number of imidazole rings is 1. The molecule has 1 fully saturated rings. The van der Waals surface area contributed by atoms with Crippen LogP contribution in [0.4, 0.5) is 0 Å². The third-order valence-electron chi connectivity index (χ3n) is 4.59. The van der Waals surface area contributed by atoms with Gasteiger partial charge >= 0.3 is 0 Å². The molecule has 0 bridgehead atoms. The van der Waals surface area contributed by atoms with Crippen molar-refractivity contribution in [1.82, 2.24) is 19.2 Å². The number of amides is 1. The van der Waals surface area contributed by atoms with Gasteiger partial charge in [0.25, 0.3) is 10.0 Å². The van der Waals surface area contributed by atoms with E-state index >= 15 is 0 Å². The number of piperidine rings is 1. The normalized spacial score (nSPS) is 15.7. The van der Waals surface area contributed by atoms with E-state index < -0.39 is 10.0 Å². The second-order valence-electron chi connectivity index (χ2n) is 6.55. The third kappa shape index (κ3) is 4.31. The summed E-state index contributed by atoms with van der Waals surface area (Å²) in [4.78, 5) is 16.1. The lowest BCUT2D eigenvalue weighted by atomic mass is 10.1. The fourth-order valence-corrected chi connectivity index (χ4v) is 4.47. The van der Waals surface area contributed by atoms with Gasteiger partial charge in [0.2, 0.25) is 5.91 Å². The van der Waals surface area contributed by atoms with Crippen molar-refractivity contribution in [2.24, 2.45) is 0 Å². The molecule has 0 saturated carbocycles. The highest BCUT2D eigenvalue weighted by molar-refractivity contribution is 7.89. The van der Waals surface area contributed by atoms with Crippen LogP contribution in [0.25, 0.3) is 0 Å². The van der Waals surface area contributed by atoms with Gasteiger partial charge in [-0.25, -0.2) is 13.4 Å². The zero-order chi connectivity index (χ0) is 18.6. The molecule has 1 N–H and O–H groups in total. The van der Waals surface area contributed by atoms with Crippen LogP contribution in [0, 0.1) is 6.92 Å². The van der Waals surface area contributed by atoms with E-state index in [1.54, 1.807) is 0 Å². The van der Waals surface area contributed by atoms with E-state index in [0.29, 0.717) is 19.6 Å². The predicted molar refractivity (Wildman–Crippen MR) is 97.9 cm³/mol. The van der Waals surface area contributed by atoms with E-state index in [1.165, 1.54) is 21.4 Å². The molecule has 1 aromatic heterocycles. The van der Waals surface area contributed by atoms with Crippen molar-refractivity contribution in [2.45, 2.75) is 44.3 Å².